The maximum atomic E-state index is 14.1. The van der Waals surface area contributed by atoms with E-state index in [1.165, 1.54) is 12.1 Å². The SMILES string of the molecule is O=C(CCc1cc(OC(F)(F)F)ccc1F)[C@@H]1CCCN1S(=O)(=O)c1cc2cc(F)ccc2o1. The van der Waals surface area contributed by atoms with Crippen LogP contribution in [0.15, 0.2) is 52.0 Å². The molecule has 1 aliphatic heterocycles. The molecule has 0 radical (unpaired) electrons. The molecular formula is C22H18F5NO5S. The van der Waals surface area contributed by atoms with Crippen LogP contribution in [0, 0.1) is 11.6 Å². The maximum absolute atomic E-state index is 14.1. The van der Waals surface area contributed by atoms with Crippen LogP contribution < -0.4 is 4.74 Å². The number of furan rings is 1. The highest BCUT2D eigenvalue weighted by Gasteiger charge is 2.40. The zero-order chi connectivity index (χ0) is 24.7. The molecule has 2 heterocycles. The van der Waals surface area contributed by atoms with Crippen LogP contribution in [0.5, 0.6) is 5.75 Å². The zero-order valence-electron chi connectivity index (χ0n) is 17.4. The number of aryl methyl sites for hydroxylation is 1. The van der Waals surface area contributed by atoms with E-state index in [1.807, 2.05) is 0 Å². The predicted octanol–water partition coefficient (Wildman–Crippen LogP) is 4.96. The van der Waals surface area contributed by atoms with Gasteiger partial charge in [0.15, 0.2) is 5.78 Å². The molecule has 3 aromatic rings. The van der Waals surface area contributed by atoms with Crippen molar-refractivity contribution in [3.63, 3.8) is 0 Å². The summed E-state index contributed by atoms with van der Waals surface area (Å²) >= 11 is 0. The van der Waals surface area contributed by atoms with Crippen molar-refractivity contribution >= 4 is 26.8 Å². The van der Waals surface area contributed by atoms with Crippen LogP contribution >= 0.6 is 0 Å². The Bertz CT molecular complexity index is 1340. The quantitative estimate of drug-likeness (QED) is 0.426. The van der Waals surface area contributed by atoms with Crippen LogP contribution in [0.3, 0.4) is 0 Å². The van der Waals surface area contributed by atoms with Crippen LogP contribution in [0.4, 0.5) is 22.0 Å². The first-order valence-corrected chi connectivity index (χ1v) is 11.7. The van der Waals surface area contributed by atoms with Gasteiger partial charge in [-0.3, -0.25) is 4.79 Å². The molecule has 0 aliphatic carbocycles. The summed E-state index contributed by atoms with van der Waals surface area (Å²) in [4.78, 5) is 12.8. The summed E-state index contributed by atoms with van der Waals surface area (Å²) in [5.41, 5.74) is 0.000274. The Labute approximate surface area is 191 Å². The summed E-state index contributed by atoms with van der Waals surface area (Å²) in [7, 11) is -4.22. The average Bonchev–Trinajstić information content (AvgIpc) is 3.40. The summed E-state index contributed by atoms with van der Waals surface area (Å²) in [5, 5.41) is -0.187. The van der Waals surface area contributed by atoms with Gasteiger partial charge in [0.05, 0.1) is 6.04 Å². The lowest BCUT2D eigenvalue weighted by Crippen LogP contribution is -2.40. The number of sulfonamides is 1. The molecule has 2 aromatic carbocycles. The molecule has 1 saturated heterocycles. The number of hydrogen-bond acceptors (Lipinski definition) is 5. The summed E-state index contributed by atoms with van der Waals surface area (Å²) in [6.45, 7) is 0.0490. The van der Waals surface area contributed by atoms with Crippen LogP contribution in [-0.4, -0.2) is 37.5 Å². The number of carbonyl (C=O) groups excluding carboxylic acids is 1. The van der Waals surface area contributed by atoms with E-state index in [0.29, 0.717) is 6.42 Å². The van der Waals surface area contributed by atoms with Crippen LogP contribution in [0.25, 0.3) is 11.0 Å². The van der Waals surface area contributed by atoms with Gasteiger partial charge < -0.3 is 9.15 Å². The standard InChI is InChI=1S/C22H18F5NO5S/c23-15-4-8-20-14(10-15)12-21(32-20)34(30,31)28-9-1-2-18(28)19(29)7-3-13-11-16(5-6-17(13)24)33-22(25,26)27/h4-6,8,10-12,18H,1-3,7,9H2/t18-/m0/s1. The Hall–Kier alpha value is -2.99. The van der Waals surface area contributed by atoms with Crippen molar-refractivity contribution in [2.45, 2.75) is 43.2 Å². The number of nitrogens with zero attached hydrogens (tertiary/aromatic N) is 1. The van der Waals surface area contributed by atoms with Gasteiger partial charge in [-0.15, -0.1) is 13.2 Å². The lowest BCUT2D eigenvalue weighted by Gasteiger charge is -2.22. The highest BCUT2D eigenvalue weighted by atomic mass is 32.2. The minimum atomic E-state index is -4.95. The second kappa shape index (κ2) is 8.99. The number of fused-ring (bicyclic) bond motifs is 1. The molecule has 182 valence electrons. The molecule has 12 heteroatoms. The fourth-order valence-electron chi connectivity index (χ4n) is 3.95. The molecule has 0 unspecified atom stereocenters. The number of ether oxygens (including phenoxy) is 1. The van der Waals surface area contributed by atoms with Gasteiger partial charge in [-0.05, 0) is 61.2 Å². The molecule has 1 aliphatic rings. The number of Topliss-reactive ketones (excluding diaryl/α,β-unsaturated/α-hetero) is 1. The van der Waals surface area contributed by atoms with E-state index in [2.05, 4.69) is 4.74 Å². The zero-order valence-corrected chi connectivity index (χ0v) is 18.3. The number of alkyl halides is 3. The largest absolute Gasteiger partial charge is 0.573 e. The number of carbonyl (C=O) groups is 1. The van der Waals surface area contributed by atoms with Gasteiger partial charge in [-0.25, -0.2) is 17.2 Å². The Morgan fingerprint density at radius 2 is 1.88 bits per heavy atom. The monoisotopic (exact) mass is 503 g/mol. The van der Waals surface area contributed by atoms with Crippen molar-refractivity contribution in [3.8, 4) is 5.75 Å². The molecule has 0 spiro atoms. The molecule has 1 fully saturated rings. The Balaban J connectivity index is 1.50. The van der Waals surface area contributed by atoms with Gasteiger partial charge in [-0.1, -0.05) is 0 Å². The van der Waals surface area contributed by atoms with E-state index >= 15 is 0 Å². The van der Waals surface area contributed by atoms with Gasteiger partial charge in [0.25, 0.3) is 10.0 Å². The summed E-state index contributed by atoms with van der Waals surface area (Å²) < 4.78 is 101. The summed E-state index contributed by atoms with van der Waals surface area (Å²) in [5.74, 6) is -2.51. The smallest absolute Gasteiger partial charge is 0.443 e. The lowest BCUT2D eigenvalue weighted by atomic mass is 10.0. The van der Waals surface area contributed by atoms with E-state index < -0.39 is 50.7 Å². The van der Waals surface area contributed by atoms with E-state index in [-0.39, 0.29) is 42.3 Å². The van der Waals surface area contributed by atoms with Gasteiger partial charge in [0.1, 0.15) is 23.0 Å². The molecule has 0 amide bonds. The van der Waals surface area contributed by atoms with E-state index in [1.54, 1.807) is 0 Å². The number of hydrogen-bond donors (Lipinski definition) is 0. The average molecular weight is 503 g/mol. The lowest BCUT2D eigenvalue weighted by molar-refractivity contribution is -0.274. The molecule has 1 aromatic heterocycles. The second-order valence-corrected chi connectivity index (χ2v) is 9.61. The molecule has 0 N–H and O–H groups in total. The van der Waals surface area contributed by atoms with Crippen molar-refractivity contribution in [3.05, 3.63) is 59.7 Å². The molecular weight excluding hydrogens is 485 g/mol. The fraction of sp³-hybridized carbons (Fsp3) is 0.318. The first kappa shape index (κ1) is 24.1. The molecule has 0 saturated carbocycles. The van der Waals surface area contributed by atoms with E-state index in [9.17, 15) is 35.2 Å². The third-order valence-corrected chi connectivity index (χ3v) is 7.25. The summed E-state index contributed by atoms with van der Waals surface area (Å²) in [6, 6.07) is 6.15. The van der Waals surface area contributed by atoms with Crippen LogP contribution in [0.2, 0.25) is 0 Å². The number of ketones is 1. The van der Waals surface area contributed by atoms with Crippen molar-refractivity contribution in [1.82, 2.24) is 4.31 Å². The van der Waals surface area contributed by atoms with Crippen molar-refractivity contribution in [2.24, 2.45) is 0 Å². The Kier molecular flexibility index (Phi) is 6.38. The van der Waals surface area contributed by atoms with E-state index in [0.717, 1.165) is 34.6 Å². The molecule has 0 bridgehead atoms. The number of halogens is 5. The highest BCUT2D eigenvalue weighted by molar-refractivity contribution is 7.89. The normalized spacial score (nSPS) is 17.4. The number of benzene rings is 2. The first-order valence-electron chi connectivity index (χ1n) is 10.2. The van der Waals surface area contributed by atoms with E-state index in [4.69, 9.17) is 4.42 Å². The van der Waals surface area contributed by atoms with Crippen molar-refractivity contribution < 1.29 is 44.3 Å². The minimum absolute atomic E-state index is 0.0490. The van der Waals surface area contributed by atoms with Crippen LogP contribution in [0.1, 0.15) is 24.8 Å². The highest BCUT2D eigenvalue weighted by Crippen LogP contribution is 2.32. The van der Waals surface area contributed by atoms with Crippen molar-refractivity contribution in [1.29, 1.82) is 0 Å². The van der Waals surface area contributed by atoms with Gasteiger partial charge in [-0.2, -0.15) is 4.31 Å². The predicted molar refractivity (Wildman–Crippen MR) is 109 cm³/mol. The second-order valence-electron chi connectivity index (χ2n) is 7.79. The fourth-order valence-corrected chi connectivity index (χ4v) is 5.58. The maximum Gasteiger partial charge on any atom is 0.573 e. The topological polar surface area (TPSA) is 76.8 Å². The number of rotatable bonds is 7. The summed E-state index contributed by atoms with van der Waals surface area (Å²) in [6.07, 6.45) is -4.87. The van der Waals surface area contributed by atoms with Crippen molar-refractivity contribution in [2.75, 3.05) is 6.54 Å². The minimum Gasteiger partial charge on any atom is -0.443 e. The van der Waals surface area contributed by atoms with Crippen LogP contribution in [-0.2, 0) is 21.2 Å². The third-order valence-electron chi connectivity index (χ3n) is 5.49. The molecule has 4 rings (SSSR count). The third kappa shape index (κ3) is 5.07. The molecule has 1 atom stereocenters. The first-order chi connectivity index (χ1) is 15.9. The van der Waals surface area contributed by atoms with Gasteiger partial charge >= 0.3 is 6.36 Å². The van der Waals surface area contributed by atoms with Gasteiger partial charge in [0.2, 0.25) is 5.09 Å². The Morgan fingerprint density at radius 1 is 1.12 bits per heavy atom. The van der Waals surface area contributed by atoms with Gasteiger partial charge in [0, 0.05) is 24.4 Å². The molecule has 6 nitrogen and oxygen atoms in total. The molecule has 34 heavy (non-hydrogen) atoms. The Morgan fingerprint density at radius 3 is 2.62 bits per heavy atom.